The standard InChI is InChI=1S/C33H19ClN4O/c34-25-16-8-14-23-29-24(15-9-19-28(29)39-30(23)25)32-35-31(20-10-2-1-3-11-20)36-33(37-32)38-26-17-6-4-12-21(26)22-13-5-7-18-27(22)38/h1-19H. The smallest absolute Gasteiger partial charge is 0.238 e. The molecule has 0 aliphatic rings. The molecule has 8 rings (SSSR count). The lowest BCUT2D eigenvalue weighted by Crippen LogP contribution is -2.06. The van der Waals surface area contributed by atoms with Crippen LogP contribution in [-0.2, 0) is 0 Å². The van der Waals surface area contributed by atoms with E-state index >= 15 is 0 Å². The number of hydrogen-bond acceptors (Lipinski definition) is 4. The molecule has 3 heterocycles. The quantitative estimate of drug-likeness (QED) is 0.232. The summed E-state index contributed by atoms with van der Waals surface area (Å²) in [4.78, 5) is 15.1. The Labute approximate surface area is 228 Å². The molecule has 0 atom stereocenters. The van der Waals surface area contributed by atoms with Crippen molar-refractivity contribution in [3.8, 4) is 28.7 Å². The molecule has 3 aromatic heterocycles. The first kappa shape index (κ1) is 22.0. The Morgan fingerprint density at radius 2 is 1.21 bits per heavy atom. The van der Waals surface area contributed by atoms with Gasteiger partial charge in [0.05, 0.1) is 16.1 Å². The van der Waals surface area contributed by atoms with Crippen LogP contribution in [0.3, 0.4) is 0 Å². The monoisotopic (exact) mass is 522 g/mol. The number of para-hydroxylation sites is 3. The predicted molar refractivity (Wildman–Crippen MR) is 157 cm³/mol. The molecule has 0 bridgehead atoms. The van der Waals surface area contributed by atoms with Crippen molar-refractivity contribution in [2.45, 2.75) is 0 Å². The van der Waals surface area contributed by atoms with Crippen molar-refractivity contribution in [1.29, 1.82) is 0 Å². The Hall–Kier alpha value is -5.00. The average Bonchev–Trinajstić information content (AvgIpc) is 3.54. The summed E-state index contributed by atoms with van der Waals surface area (Å²) in [6.45, 7) is 0. The highest BCUT2D eigenvalue weighted by Gasteiger charge is 2.20. The third kappa shape index (κ3) is 3.37. The maximum absolute atomic E-state index is 6.50. The van der Waals surface area contributed by atoms with Crippen molar-refractivity contribution in [3.05, 3.63) is 120 Å². The van der Waals surface area contributed by atoms with E-state index in [0.717, 1.165) is 49.3 Å². The van der Waals surface area contributed by atoms with E-state index in [2.05, 4.69) is 41.0 Å². The molecule has 8 aromatic rings. The van der Waals surface area contributed by atoms with Crippen molar-refractivity contribution in [2.75, 3.05) is 0 Å². The number of hydrogen-bond donors (Lipinski definition) is 0. The molecule has 0 amide bonds. The second-order valence-corrected chi connectivity index (χ2v) is 9.82. The van der Waals surface area contributed by atoms with Gasteiger partial charge in [-0.3, -0.25) is 4.57 Å². The Bertz CT molecular complexity index is 2140. The third-order valence-corrected chi connectivity index (χ3v) is 7.45. The van der Waals surface area contributed by atoms with Crippen LogP contribution in [0.5, 0.6) is 0 Å². The lowest BCUT2D eigenvalue weighted by atomic mass is 10.1. The van der Waals surface area contributed by atoms with Crippen molar-refractivity contribution in [1.82, 2.24) is 19.5 Å². The van der Waals surface area contributed by atoms with E-state index < -0.39 is 0 Å². The summed E-state index contributed by atoms with van der Waals surface area (Å²) in [5.74, 6) is 1.72. The maximum Gasteiger partial charge on any atom is 0.238 e. The molecule has 39 heavy (non-hydrogen) atoms. The van der Waals surface area contributed by atoms with Gasteiger partial charge in [-0.05, 0) is 24.3 Å². The van der Waals surface area contributed by atoms with Gasteiger partial charge in [0.1, 0.15) is 5.58 Å². The van der Waals surface area contributed by atoms with E-state index in [1.54, 1.807) is 0 Å². The highest BCUT2D eigenvalue weighted by molar-refractivity contribution is 6.36. The zero-order valence-electron chi connectivity index (χ0n) is 20.5. The largest absolute Gasteiger partial charge is 0.454 e. The van der Waals surface area contributed by atoms with Crippen molar-refractivity contribution in [2.24, 2.45) is 0 Å². The van der Waals surface area contributed by atoms with Gasteiger partial charge in [0, 0.05) is 32.7 Å². The van der Waals surface area contributed by atoms with Crippen LogP contribution in [0.15, 0.2) is 120 Å². The van der Waals surface area contributed by atoms with E-state index in [-0.39, 0.29) is 0 Å². The fraction of sp³-hybridized carbons (Fsp3) is 0. The van der Waals surface area contributed by atoms with Crippen LogP contribution in [0.1, 0.15) is 0 Å². The Balaban J connectivity index is 1.48. The second kappa shape index (κ2) is 8.51. The normalized spacial score (nSPS) is 11.7. The van der Waals surface area contributed by atoms with Crippen LogP contribution in [0.2, 0.25) is 5.02 Å². The summed E-state index contributed by atoms with van der Waals surface area (Å²) < 4.78 is 8.29. The highest BCUT2D eigenvalue weighted by atomic mass is 35.5. The molecule has 0 unspecified atom stereocenters. The van der Waals surface area contributed by atoms with Crippen LogP contribution in [0.4, 0.5) is 0 Å². The predicted octanol–water partition coefficient (Wildman–Crippen LogP) is 8.86. The molecule has 0 fully saturated rings. The summed E-state index contributed by atoms with van der Waals surface area (Å²) in [7, 11) is 0. The average molecular weight is 523 g/mol. The van der Waals surface area contributed by atoms with E-state index in [0.29, 0.717) is 28.2 Å². The van der Waals surface area contributed by atoms with Gasteiger partial charge in [-0.25, -0.2) is 4.98 Å². The molecular formula is C33H19ClN4O. The van der Waals surface area contributed by atoms with Crippen LogP contribution >= 0.6 is 11.6 Å². The van der Waals surface area contributed by atoms with Gasteiger partial charge in [0.25, 0.3) is 0 Å². The minimum atomic E-state index is 0.555. The molecule has 0 saturated carbocycles. The topological polar surface area (TPSA) is 56.7 Å². The summed E-state index contributed by atoms with van der Waals surface area (Å²) in [6, 6.07) is 38.4. The van der Waals surface area contributed by atoms with Crippen molar-refractivity contribution < 1.29 is 4.42 Å². The first-order valence-electron chi connectivity index (χ1n) is 12.7. The molecule has 5 aromatic carbocycles. The van der Waals surface area contributed by atoms with Gasteiger partial charge in [0.2, 0.25) is 5.95 Å². The fourth-order valence-electron chi connectivity index (χ4n) is 5.44. The van der Waals surface area contributed by atoms with Gasteiger partial charge in [-0.1, -0.05) is 103 Å². The maximum atomic E-state index is 6.50. The summed E-state index contributed by atoms with van der Waals surface area (Å²) in [5, 5.41) is 4.71. The summed E-state index contributed by atoms with van der Waals surface area (Å²) in [6.07, 6.45) is 0. The van der Waals surface area contributed by atoms with Crippen molar-refractivity contribution in [3.63, 3.8) is 0 Å². The number of benzene rings is 5. The van der Waals surface area contributed by atoms with Gasteiger partial charge < -0.3 is 4.42 Å². The molecule has 6 heteroatoms. The first-order chi connectivity index (χ1) is 19.3. The van der Waals surface area contributed by atoms with E-state index in [1.165, 1.54) is 0 Å². The first-order valence-corrected chi connectivity index (χ1v) is 13.0. The van der Waals surface area contributed by atoms with Gasteiger partial charge in [-0.2, -0.15) is 9.97 Å². The number of furan rings is 1. The Morgan fingerprint density at radius 1 is 0.564 bits per heavy atom. The second-order valence-electron chi connectivity index (χ2n) is 9.42. The molecule has 0 N–H and O–H groups in total. The molecule has 0 spiro atoms. The minimum absolute atomic E-state index is 0.555. The lowest BCUT2D eigenvalue weighted by Gasteiger charge is -2.11. The van der Waals surface area contributed by atoms with Crippen LogP contribution in [0, 0.1) is 0 Å². The van der Waals surface area contributed by atoms with E-state index in [4.69, 9.17) is 31.0 Å². The number of nitrogens with zero attached hydrogens (tertiary/aromatic N) is 4. The van der Waals surface area contributed by atoms with E-state index in [9.17, 15) is 0 Å². The van der Waals surface area contributed by atoms with Gasteiger partial charge in [0.15, 0.2) is 17.2 Å². The molecule has 0 saturated heterocycles. The number of halogens is 1. The zero-order valence-corrected chi connectivity index (χ0v) is 21.3. The molecule has 0 aliphatic carbocycles. The molecule has 5 nitrogen and oxygen atoms in total. The Morgan fingerprint density at radius 3 is 1.97 bits per heavy atom. The Kier molecular flexibility index (Phi) is 4.81. The molecule has 184 valence electrons. The minimum Gasteiger partial charge on any atom is -0.454 e. The van der Waals surface area contributed by atoms with Crippen LogP contribution < -0.4 is 0 Å². The fourth-order valence-corrected chi connectivity index (χ4v) is 5.65. The van der Waals surface area contributed by atoms with Gasteiger partial charge >= 0.3 is 0 Å². The van der Waals surface area contributed by atoms with Crippen LogP contribution in [-0.4, -0.2) is 19.5 Å². The van der Waals surface area contributed by atoms with E-state index in [1.807, 2.05) is 78.9 Å². The van der Waals surface area contributed by atoms with Crippen molar-refractivity contribution >= 4 is 55.3 Å². The lowest BCUT2D eigenvalue weighted by molar-refractivity contribution is 0.669. The summed E-state index contributed by atoms with van der Waals surface area (Å²) >= 11 is 6.50. The third-order valence-electron chi connectivity index (χ3n) is 7.15. The van der Waals surface area contributed by atoms with Gasteiger partial charge in [-0.15, -0.1) is 0 Å². The summed E-state index contributed by atoms with van der Waals surface area (Å²) in [5.41, 5.74) is 5.23. The van der Waals surface area contributed by atoms with Crippen LogP contribution in [0.25, 0.3) is 72.5 Å². The molecule has 0 radical (unpaired) electrons. The zero-order chi connectivity index (χ0) is 25.9. The number of rotatable bonds is 3. The molecule has 0 aliphatic heterocycles. The highest BCUT2D eigenvalue weighted by Crippen LogP contribution is 2.39. The SMILES string of the molecule is Clc1cccc2c1oc1cccc(-c3nc(-c4ccccc4)nc(-n4c5ccccc5c5ccccc54)n3)c12. The molecular weight excluding hydrogens is 504 g/mol. The number of fused-ring (bicyclic) bond motifs is 6. The number of aromatic nitrogens is 4.